The summed E-state index contributed by atoms with van der Waals surface area (Å²) in [6.07, 6.45) is 10.7. The summed E-state index contributed by atoms with van der Waals surface area (Å²) in [7, 11) is 1.72. The number of ether oxygens (including phenoxy) is 1. The molecule has 6 heteroatoms. The van der Waals surface area contributed by atoms with Crippen molar-refractivity contribution in [2.24, 2.45) is 5.41 Å². The highest BCUT2D eigenvalue weighted by Gasteiger charge is 2.42. The average Bonchev–Trinajstić information content (AvgIpc) is 2.66. The first kappa shape index (κ1) is 19.1. The van der Waals surface area contributed by atoms with Crippen molar-refractivity contribution in [3.63, 3.8) is 0 Å². The van der Waals surface area contributed by atoms with Crippen molar-refractivity contribution in [1.29, 1.82) is 0 Å². The van der Waals surface area contributed by atoms with Crippen molar-refractivity contribution < 1.29 is 9.53 Å². The van der Waals surface area contributed by atoms with Gasteiger partial charge in [-0.05, 0) is 32.1 Å². The fourth-order valence-electron chi connectivity index (χ4n) is 4.51. The molecule has 0 saturated carbocycles. The number of hydrogen-bond donors (Lipinski definition) is 0. The summed E-state index contributed by atoms with van der Waals surface area (Å²) in [5, 5.41) is 0. The fourth-order valence-corrected chi connectivity index (χ4v) is 4.51. The van der Waals surface area contributed by atoms with Crippen LogP contribution in [-0.2, 0) is 16.0 Å². The van der Waals surface area contributed by atoms with E-state index in [1.807, 2.05) is 6.20 Å². The van der Waals surface area contributed by atoms with Gasteiger partial charge in [-0.3, -0.25) is 4.79 Å². The van der Waals surface area contributed by atoms with Crippen LogP contribution in [0.4, 0.5) is 5.82 Å². The number of nitrogens with zero attached hydrogens (tertiary/aromatic N) is 4. The zero-order chi connectivity index (χ0) is 18.4. The Bertz CT molecular complexity index is 609. The number of likely N-dealkylation sites (tertiary alicyclic amines) is 1. The lowest BCUT2D eigenvalue weighted by molar-refractivity contribution is -0.138. The zero-order valence-electron chi connectivity index (χ0n) is 16.2. The lowest BCUT2D eigenvalue weighted by Gasteiger charge is -2.48. The molecule has 2 aliphatic heterocycles. The van der Waals surface area contributed by atoms with E-state index < -0.39 is 0 Å². The van der Waals surface area contributed by atoms with Gasteiger partial charge in [-0.2, -0.15) is 0 Å². The van der Waals surface area contributed by atoms with Gasteiger partial charge in [0.25, 0.3) is 0 Å². The maximum Gasteiger partial charge on any atom is 0.222 e. The second-order valence-electron chi connectivity index (χ2n) is 7.81. The summed E-state index contributed by atoms with van der Waals surface area (Å²) in [4.78, 5) is 25.7. The van der Waals surface area contributed by atoms with E-state index in [0.717, 1.165) is 64.1 Å². The number of piperidine rings is 2. The van der Waals surface area contributed by atoms with Crippen LogP contribution in [0.3, 0.4) is 0 Å². The van der Waals surface area contributed by atoms with Crippen LogP contribution in [0, 0.1) is 5.41 Å². The van der Waals surface area contributed by atoms with Gasteiger partial charge in [-0.25, -0.2) is 9.97 Å². The predicted molar refractivity (Wildman–Crippen MR) is 102 cm³/mol. The van der Waals surface area contributed by atoms with Crippen LogP contribution in [0.1, 0.15) is 51.0 Å². The summed E-state index contributed by atoms with van der Waals surface area (Å²) < 4.78 is 5.16. The molecular formula is C20H32N4O2. The van der Waals surface area contributed by atoms with E-state index in [1.165, 1.54) is 12.0 Å². The van der Waals surface area contributed by atoms with Crippen LogP contribution >= 0.6 is 0 Å². The Kier molecular flexibility index (Phi) is 6.46. The number of methoxy groups -OCH3 is 1. The van der Waals surface area contributed by atoms with Crippen molar-refractivity contribution in [3.05, 3.63) is 18.1 Å². The normalized spacial score (nSPS) is 23.7. The molecule has 1 spiro atoms. The summed E-state index contributed by atoms with van der Waals surface area (Å²) in [5.41, 5.74) is 1.45. The summed E-state index contributed by atoms with van der Waals surface area (Å²) >= 11 is 0. The highest BCUT2D eigenvalue weighted by Crippen LogP contribution is 2.40. The number of rotatable bonds is 7. The van der Waals surface area contributed by atoms with Gasteiger partial charge in [-0.15, -0.1) is 0 Å². The largest absolute Gasteiger partial charge is 0.385 e. The van der Waals surface area contributed by atoms with E-state index in [-0.39, 0.29) is 5.41 Å². The van der Waals surface area contributed by atoms with Crippen molar-refractivity contribution in [2.75, 3.05) is 44.8 Å². The predicted octanol–water partition coefficient (Wildman–Crippen LogP) is 2.67. The molecule has 2 saturated heterocycles. The maximum atomic E-state index is 12.4. The van der Waals surface area contributed by atoms with E-state index in [4.69, 9.17) is 4.74 Å². The molecule has 0 N–H and O–H groups in total. The SMILES string of the molecule is CCCc1cncnc1N1CCCC2(CCC(=O)N(CCCOC)C2)C1. The number of anilines is 1. The molecule has 1 aromatic heterocycles. The minimum atomic E-state index is 0.202. The molecule has 26 heavy (non-hydrogen) atoms. The third kappa shape index (κ3) is 4.34. The Labute approximate surface area is 156 Å². The minimum Gasteiger partial charge on any atom is -0.385 e. The van der Waals surface area contributed by atoms with E-state index >= 15 is 0 Å². The molecule has 1 amide bonds. The van der Waals surface area contributed by atoms with E-state index in [0.29, 0.717) is 18.9 Å². The standard InChI is InChI=1S/C20H32N4O2/c1-3-6-17-13-21-16-22-19(17)24-10-4-8-20(15-24)9-7-18(25)23(14-20)11-5-12-26-2/h13,16H,3-12,14-15H2,1-2H3. The maximum absolute atomic E-state index is 12.4. The number of amides is 1. The number of hydrogen-bond acceptors (Lipinski definition) is 5. The number of aromatic nitrogens is 2. The second kappa shape index (κ2) is 8.80. The summed E-state index contributed by atoms with van der Waals surface area (Å²) in [6, 6.07) is 0. The molecule has 2 fully saturated rings. The molecule has 1 unspecified atom stereocenters. The second-order valence-corrected chi connectivity index (χ2v) is 7.81. The number of aryl methyl sites for hydroxylation is 1. The molecule has 0 bridgehead atoms. The first-order valence-corrected chi connectivity index (χ1v) is 9.98. The number of carbonyl (C=O) groups is 1. The van der Waals surface area contributed by atoms with Gasteiger partial charge in [0, 0.05) is 63.5 Å². The Balaban J connectivity index is 1.72. The summed E-state index contributed by atoms with van der Waals surface area (Å²) in [6.45, 7) is 6.63. The third-order valence-electron chi connectivity index (χ3n) is 5.77. The van der Waals surface area contributed by atoms with E-state index in [2.05, 4.69) is 26.7 Å². The first-order valence-electron chi connectivity index (χ1n) is 9.98. The van der Waals surface area contributed by atoms with E-state index in [9.17, 15) is 4.79 Å². The molecular weight excluding hydrogens is 328 g/mol. The highest BCUT2D eigenvalue weighted by molar-refractivity contribution is 5.77. The Morgan fingerprint density at radius 2 is 2.19 bits per heavy atom. The lowest BCUT2D eigenvalue weighted by atomic mass is 9.73. The molecule has 3 rings (SSSR count). The minimum absolute atomic E-state index is 0.202. The zero-order valence-corrected chi connectivity index (χ0v) is 16.2. The van der Waals surface area contributed by atoms with Crippen LogP contribution in [0.15, 0.2) is 12.5 Å². The van der Waals surface area contributed by atoms with Crippen LogP contribution in [-0.4, -0.2) is 60.7 Å². The molecule has 0 aromatic carbocycles. The van der Waals surface area contributed by atoms with Gasteiger partial charge in [-0.1, -0.05) is 13.3 Å². The van der Waals surface area contributed by atoms with E-state index in [1.54, 1.807) is 13.4 Å². The molecule has 0 aliphatic carbocycles. The van der Waals surface area contributed by atoms with Gasteiger partial charge < -0.3 is 14.5 Å². The fraction of sp³-hybridized carbons (Fsp3) is 0.750. The van der Waals surface area contributed by atoms with Crippen LogP contribution < -0.4 is 4.90 Å². The van der Waals surface area contributed by atoms with Gasteiger partial charge >= 0.3 is 0 Å². The molecule has 6 nitrogen and oxygen atoms in total. The molecule has 0 radical (unpaired) electrons. The lowest BCUT2D eigenvalue weighted by Crippen LogP contribution is -2.54. The molecule has 1 atom stereocenters. The molecule has 1 aromatic rings. The monoisotopic (exact) mass is 360 g/mol. The third-order valence-corrected chi connectivity index (χ3v) is 5.77. The van der Waals surface area contributed by atoms with Crippen molar-refractivity contribution in [1.82, 2.24) is 14.9 Å². The molecule has 3 heterocycles. The van der Waals surface area contributed by atoms with Gasteiger partial charge in [0.2, 0.25) is 5.91 Å². The topological polar surface area (TPSA) is 58.6 Å². The molecule has 2 aliphatic rings. The van der Waals surface area contributed by atoms with Crippen LogP contribution in [0.5, 0.6) is 0 Å². The van der Waals surface area contributed by atoms with Crippen molar-refractivity contribution in [2.45, 2.75) is 51.9 Å². The van der Waals surface area contributed by atoms with Crippen LogP contribution in [0.25, 0.3) is 0 Å². The van der Waals surface area contributed by atoms with Gasteiger partial charge in [0.05, 0.1) is 0 Å². The van der Waals surface area contributed by atoms with Crippen LogP contribution in [0.2, 0.25) is 0 Å². The summed E-state index contributed by atoms with van der Waals surface area (Å²) in [5.74, 6) is 1.40. The highest BCUT2D eigenvalue weighted by atomic mass is 16.5. The molecule has 144 valence electrons. The van der Waals surface area contributed by atoms with Crippen molar-refractivity contribution in [3.8, 4) is 0 Å². The first-order chi connectivity index (χ1) is 12.7. The van der Waals surface area contributed by atoms with Gasteiger partial charge in [0.1, 0.15) is 12.1 Å². The Morgan fingerprint density at radius 1 is 1.31 bits per heavy atom. The quantitative estimate of drug-likeness (QED) is 0.700. The van der Waals surface area contributed by atoms with Gasteiger partial charge in [0.15, 0.2) is 0 Å². The van der Waals surface area contributed by atoms with Crippen molar-refractivity contribution >= 4 is 11.7 Å². The average molecular weight is 361 g/mol. The Hall–Kier alpha value is -1.69. The smallest absolute Gasteiger partial charge is 0.222 e. The number of carbonyl (C=O) groups excluding carboxylic acids is 1. The Morgan fingerprint density at radius 3 is 3.00 bits per heavy atom.